The van der Waals surface area contributed by atoms with Gasteiger partial charge < -0.3 is 4.90 Å². The zero-order valence-electron chi connectivity index (χ0n) is 18.2. The second-order valence-electron chi connectivity index (χ2n) is 8.03. The van der Waals surface area contributed by atoms with E-state index in [4.69, 9.17) is 0 Å². The van der Waals surface area contributed by atoms with Crippen molar-refractivity contribution in [1.82, 2.24) is 4.90 Å². The number of benzene rings is 4. The molecule has 4 aromatic carbocycles. The summed E-state index contributed by atoms with van der Waals surface area (Å²) in [6.45, 7) is 0.771. The van der Waals surface area contributed by atoms with Crippen LogP contribution in [0.4, 0.5) is 8.78 Å². The van der Waals surface area contributed by atoms with Crippen LogP contribution in [0.25, 0.3) is 0 Å². The van der Waals surface area contributed by atoms with Crippen molar-refractivity contribution < 1.29 is 13.6 Å². The molecule has 0 bridgehead atoms. The molecule has 0 aliphatic carbocycles. The number of amides is 1. The minimum atomic E-state index is -0.450. The van der Waals surface area contributed by atoms with Crippen molar-refractivity contribution in [3.05, 3.63) is 143 Å². The van der Waals surface area contributed by atoms with Crippen LogP contribution in [0.2, 0.25) is 0 Å². The normalized spacial score (nSPS) is 10.9. The average molecular weight is 442 g/mol. The molecule has 0 radical (unpaired) electrons. The predicted octanol–water partition coefficient (Wildman–Crippen LogP) is 6.83. The minimum absolute atomic E-state index is 0.100. The van der Waals surface area contributed by atoms with Gasteiger partial charge in [-0.25, -0.2) is 8.78 Å². The van der Waals surface area contributed by atoms with Crippen LogP contribution in [0, 0.1) is 11.6 Å². The van der Waals surface area contributed by atoms with Crippen molar-refractivity contribution in [2.45, 2.75) is 18.9 Å². The molecule has 0 aliphatic heterocycles. The SMILES string of the molecule is O=C(c1cccc(F)c1)N(CCC(c1ccccc1)c1ccccc1)Cc1ccc(F)cc1. The van der Waals surface area contributed by atoms with Crippen molar-refractivity contribution >= 4 is 5.91 Å². The summed E-state index contributed by atoms with van der Waals surface area (Å²) < 4.78 is 27.2. The zero-order valence-corrected chi connectivity index (χ0v) is 18.2. The maximum atomic E-state index is 13.8. The molecule has 4 heteroatoms. The second kappa shape index (κ2) is 10.7. The first-order chi connectivity index (χ1) is 16.1. The highest BCUT2D eigenvalue weighted by Crippen LogP contribution is 2.28. The van der Waals surface area contributed by atoms with Gasteiger partial charge in [-0.1, -0.05) is 78.9 Å². The third-order valence-electron chi connectivity index (χ3n) is 5.74. The third-order valence-corrected chi connectivity index (χ3v) is 5.74. The molecule has 1 amide bonds. The van der Waals surface area contributed by atoms with E-state index in [0.717, 1.165) is 5.56 Å². The van der Waals surface area contributed by atoms with Gasteiger partial charge in [-0.05, 0) is 53.4 Å². The van der Waals surface area contributed by atoms with Gasteiger partial charge in [0.1, 0.15) is 11.6 Å². The fraction of sp³-hybridized carbons (Fsp3) is 0.138. The van der Waals surface area contributed by atoms with Gasteiger partial charge >= 0.3 is 0 Å². The molecule has 0 aromatic heterocycles. The van der Waals surface area contributed by atoms with Crippen LogP contribution >= 0.6 is 0 Å². The highest BCUT2D eigenvalue weighted by molar-refractivity contribution is 5.94. The summed E-state index contributed by atoms with van der Waals surface area (Å²) in [6.07, 6.45) is 0.691. The second-order valence-corrected chi connectivity index (χ2v) is 8.03. The molecule has 0 N–H and O–H groups in total. The van der Waals surface area contributed by atoms with Crippen molar-refractivity contribution in [3.63, 3.8) is 0 Å². The lowest BCUT2D eigenvalue weighted by atomic mass is 9.88. The molecular formula is C29H25F2NO. The Morgan fingerprint density at radius 2 is 1.30 bits per heavy atom. The summed E-state index contributed by atoms with van der Waals surface area (Å²) in [4.78, 5) is 15.0. The van der Waals surface area contributed by atoms with Crippen LogP contribution in [0.3, 0.4) is 0 Å². The van der Waals surface area contributed by atoms with Gasteiger partial charge in [0.25, 0.3) is 5.91 Å². The van der Waals surface area contributed by atoms with E-state index in [9.17, 15) is 13.6 Å². The zero-order chi connectivity index (χ0) is 23.0. The molecule has 0 heterocycles. The lowest BCUT2D eigenvalue weighted by Crippen LogP contribution is -2.32. The van der Waals surface area contributed by atoms with Gasteiger partial charge in [0.15, 0.2) is 0 Å². The fourth-order valence-corrected chi connectivity index (χ4v) is 4.05. The molecule has 0 aliphatic rings. The van der Waals surface area contributed by atoms with E-state index in [0.29, 0.717) is 25.1 Å². The van der Waals surface area contributed by atoms with Crippen molar-refractivity contribution in [2.75, 3.05) is 6.54 Å². The number of hydrogen-bond donors (Lipinski definition) is 0. The molecule has 2 nitrogen and oxygen atoms in total. The minimum Gasteiger partial charge on any atom is -0.334 e. The first-order valence-corrected chi connectivity index (χ1v) is 11.0. The molecule has 0 saturated carbocycles. The number of rotatable bonds is 8. The van der Waals surface area contributed by atoms with Gasteiger partial charge in [-0.15, -0.1) is 0 Å². The van der Waals surface area contributed by atoms with Gasteiger partial charge in [0, 0.05) is 24.6 Å². The molecule has 4 rings (SSSR count). The van der Waals surface area contributed by atoms with Crippen LogP contribution in [-0.4, -0.2) is 17.4 Å². The van der Waals surface area contributed by atoms with E-state index in [1.54, 1.807) is 23.1 Å². The van der Waals surface area contributed by atoms with Crippen molar-refractivity contribution in [2.24, 2.45) is 0 Å². The highest BCUT2D eigenvalue weighted by atomic mass is 19.1. The number of carbonyl (C=O) groups excluding carboxylic acids is 1. The summed E-state index contributed by atoms with van der Waals surface area (Å²) in [5, 5.41) is 0. The molecule has 166 valence electrons. The quantitative estimate of drug-likeness (QED) is 0.293. The Morgan fingerprint density at radius 3 is 1.88 bits per heavy atom. The Bertz CT molecular complexity index is 1140. The first kappa shape index (κ1) is 22.4. The Kier molecular flexibility index (Phi) is 7.26. The lowest BCUT2D eigenvalue weighted by molar-refractivity contribution is 0.0738. The van der Waals surface area contributed by atoms with E-state index < -0.39 is 5.82 Å². The Hall–Kier alpha value is -3.79. The van der Waals surface area contributed by atoms with E-state index in [1.807, 2.05) is 36.4 Å². The van der Waals surface area contributed by atoms with Crippen LogP contribution in [-0.2, 0) is 6.54 Å². The number of carbonyl (C=O) groups is 1. The van der Waals surface area contributed by atoms with E-state index >= 15 is 0 Å². The summed E-state index contributed by atoms with van der Waals surface area (Å²) in [6, 6.07) is 32.3. The van der Waals surface area contributed by atoms with Gasteiger partial charge in [0.2, 0.25) is 0 Å². The molecule has 0 saturated heterocycles. The summed E-state index contributed by atoms with van der Waals surface area (Å²) in [7, 11) is 0. The summed E-state index contributed by atoms with van der Waals surface area (Å²) in [5.74, 6) is -0.925. The van der Waals surface area contributed by atoms with E-state index in [1.165, 1.54) is 41.5 Å². The summed E-state index contributed by atoms with van der Waals surface area (Å²) >= 11 is 0. The Labute approximate surface area is 193 Å². The van der Waals surface area contributed by atoms with Crippen molar-refractivity contribution in [1.29, 1.82) is 0 Å². The Balaban J connectivity index is 1.61. The maximum absolute atomic E-state index is 13.8. The fourth-order valence-electron chi connectivity index (χ4n) is 4.05. The van der Waals surface area contributed by atoms with Crippen LogP contribution < -0.4 is 0 Å². The smallest absolute Gasteiger partial charge is 0.254 e. The average Bonchev–Trinajstić information content (AvgIpc) is 2.85. The van der Waals surface area contributed by atoms with E-state index in [-0.39, 0.29) is 17.6 Å². The maximum Gasteiger partial charge on any atom is 0.254 e. The molecular weight excluding hydrogens is 416 g/mol. The highest BCUT2D eigenvalue weighted by Gasteiger charge is 2.21. The summed E-state index contributed by atoms with van der Waals surface area (Å²) in [5.41, 5.74) is 3.46. The third kappa shape index (κ3) is 5.92. The number of hydrogen-bond acceptors (Lipinski definition) is 1. The molecule has 0 fully saturated rings. The molecule has 33 heavy (non-hydrogen) atoms. The van der Waals surface area contributed by atoms with E-state index in [2.05, 4.69) is 24.3 Å². The van der Waals surface area contributed by atoms with Gasteiger partial charge in [0.05, 0.1) is 0 Å². The predicted molar refractivity (Wildman–Crippen MR) is 127 cm³/mol. The molecule has 0 spiro atoms. The largest absolute Gasteiger partial charge is 0.334 e. The van der Waals surface area contributed by atoms with Gasteiger partial charge in [-0.3, -0.25) is 4.79 Å². The van der Waals surface area contributed by atoms with Crippen molar-refractivity contribution in [3.8, 4) is 0 Å². The first-order valence-electron chi connectivity index (χ1n) is 11.0. The lowest BCUT2D eigenvalue weighted by Gasteiger charge is -2.26. The molecule has 0 atom stereocenters. The standard InChI is InChI=1S/C29H25F2NO/c30-26-16-14-22(15-17-26)21-32(29(33)25-12-7-13-27(31)20-25)19-18-28(23-8-3-1-4-9-23)24-10-5-2-6-11-24/h1-17,20,28H,18-19,21H2. The molecule has 0 unspecified atom stereocenters. The van der Waals surface area contributed by atoms with Crippen LogP contribution in [0.15, 0.2) is 109 Å². The Morgan fingerprint density at radius 1 is 0.697 bits per heavy atom. The monoisotopic (exact) mass is 441 g/mol. The number of halogens is 2. The number of nitrogens with zero attached hydrogens (tertiary/aromatic N) is 1. The molecule has 4 aromatic rings. The topological polar surface area (TPSA) is 20.3 Å². The van der Waals surface area contributed by atoms with Crippen LogP contribution in [0.1, 0.15) is 39.4 Å². The van der Waals surface area contributed by atoms with Crippen LogP contribution in [0.5, 0.6) is 0 Å². The van der Waals surface area contributed by atoms with Gasteiger partial charge in [-0.2, -0.15) is 0 Å².